The zero-order valence-electron chi connectivity index (χ0n) is 11.4. The molecule has 0 heterocycles. The number of carbonyl (C=O) groups excluding carboxylic acids is 1. The molecule has 2 aromatic rings. The van der Waals surface area contributed by atoms with Crippen molar-refractivity contribution in [1.29, 1.82) is 5.26 Å². The van der Waals surface area contributed by atoms with Gasteiger partial charge in [0.1, 0.15) is 0 Å². The summed E-state index contributed by atoms with van der Waals surface area (Å²) >= 11 is 0. The first-order valence-corrected chi connectivity index (χ1v) is 6.17. The van der Waals surface area contributed by atoms with Crippen LogP contribution in [0.25, 0.3) is 0 Å². The van der Waals surface area contributed by atoms with Gasteiger partial charge >= 0.3 is 0 Å². The molecule has 0 unspecified atom stereocenters. The highest BCUT2D eigenvalue weighted by molar-refractivity contribution is 6.06. The molecular formula is C16H15N3O. The molecule has 0 saturated heterocycles. The SMILES string of the molecule is Cc1ccc(C(=O)N(C)c2cccc(C#N)c2)cc1N. The molecule has 0 aliphatic rings. The maximum Gasteiger partial charge on any atom is 0.258 e. The Morgan fingerprint density at radius 1 is 1.25 bits per heavy atom. The van der Waals surface area contributed by atoms with E-state index in [1.807, 2.05) is 13.0 Å². The first-order chi connectivity index (χ1) is 9.52. The number of aryl methyl sites for hydroxylation is 1. The van der Waals surface area contributed by atoms with Gasteiger partial charge in [-0.05, 0) is 42.8 Å². The number of hydrogen-bond donors (Lipinski definition) is 1. The van der Waals surface area contributed by atoms with Crippen molar-refractivity contribution in [3.8, 4) is 6.07 Å². The monoisotopic (exact) mass is 265 g/mol. The number of amides is 1. The summed E-state index contributed by atoms with van der Waals surface area (Å²) in [7, 11) is 1.68. The van der Waals surface area contributed by atoms with Crippen molar-refractivity contribution in [2.45, 2.75) is 6.92 Å². The van der Waals surface area contributed by atoms with E-state index in [0.717, 1.165) is 5.56 Å². The van der Waals surface area contributed by atoms with E-state index >= 15 is 0 Å². The Morgan fingerprint density at radius 3 is 2.65 bits per heavy atom. The summed E-state index contributed by atoms with van der Waals surface area (Å²) in [6.07, 6.45) is 0. The van der Waals surface area contributed by atoms with E-state index in [2.05, 4.69) is 6.07 Å². The molecule has 0 fully saturated rings. The summed E-state index contributed by atoms with van der Waals surface area (Å²) in [6, 6.07) is 14.2. The van der Waals surface area contributed by atoms with Crippen molar-refractivity contribution in [3.63, 3.8) is 0 Å². The summed E-state index contributed by atoms with van der Waals surface area (Å²) in [5.74, 6) is -0.160. The molecular weight excluding hydrogens is 250 g/mol. The van der Waals surface area contributed by atoms with Gasteiger partial charge < -0.3 is 10.6 Å². The highest BCUT2D eigenvalue weighted by Crippen LogP contribution is 2.19. The van der Waals surface area contributed by atoms with Gasteiger partial charge in [0.25, 0.3) is 5.91 Å². The second-order valence-corrected chi connectivity index (χ2v) is 4.60. The van der Waals surface area contributed by atoms with E-state index in [4.69, 9.17) is 11.0 Å². The molecule has 0 aromatic heterocycles. The standard InChI is InChI=1S/C16H15N3O/c1-11-6-7-13(9-15(11)18)16(20)19(2)14-5-3-4-12(8-14)10-17/h3-9H,18H2,1-2H3. The fraction of sp³-hybridized carbons (Fsp3) is 0.125. The van der Waals surface area contributed by atoms with Crippen LogP contribution in [0.5, 0.6) is 0 Å². The van der Waals surface area contributed by atoms with Crippen molar-refractivity contribution >= 4 is 17.3 Å². The van der Waals surface area contributed by atoms with Crippen molar-refractivity contribution < 1.29 is 4.79 Å². The molecule has 0 radical (unpaired) electrons. The van der Waals surface area contributed by atoms with Gasteiger partial charge in [-0.2, -0.15) is 5.26 Å². The predicted molar refractivity (Wildman–Crippen MR) is 79.5 cm³/mol. The van der Waals surface area contributed by atoms with Crippen LogP contribution in [0.4, 0.5) is 11.4 Å². The summed E-state index contributed by atoms with van der Waals surface area (Å²) in [6.45, 7) is 1.89. The Hall–Kier alpha value is -2.80. The van der Waals surface area contributed by atoms with Crippen LogP contribution in [0.15, 0.2) is 42.5 Å². The summed E-state index contributed by atoms with van der Waals surface area (Å²) in [5, 5.41) is 8.90. The Kier molecular flexibility index (Phi) is 3.72. The lowest BCUT2D eigenvalue weighted by atomic mass is 10.1. The van der Waals surface area contributed by atoms with Crippen LogP contribution in [-0.2, 0) is 0 Å². The van der Waals surface area contributed by atoms with E-state index < -0.39 is 0 Å². The molecule has 0 atom stereocenters. The first kappa shape index (κ1) is 13.6. The predicted octanol–water partition coefficient (Wildman–Crippen LogP) is 2.73. The van der Waals surface area contributed by atoms with Gasteiger partial charge in [0, 0.05) is 24.0 Å². The molecule has 2 N–H and O–H groups in total. The Labute approximate surface area is 118 Å². The van der Waals surface area contributed by atoms with E-state index in [9.17, 15) is 4.79 Å². The van der Waals surface area contributed by atoms with Gasteiger partial charge in [-0.3, -0.25) is 4.79 Å². The largest absolute Gasteiger partial charge is 0.398 e. The minimum atomic E-state index is -0.160. The minimum absolute atomic E-state index is 0.160. The van der Waals surface area contributed by atoms with Crippen LogP contribution < -0.4 is 10.6 Å². The van der Waals surface area contributed by atoms with E-state index in [-0.39, 0.29) is 5.91 Å². The Balaban J connectivity index is 2.32. The fourth-order valence-corrected chi connectivity index (χ4v) is 1.87. The number of nitrogens with zero attached hydrogens (tertiary/aromatic N) is 2. The average Bonchev–Trinajstić information content (AvgIpc) is 2.48. The summed E-state index contributed by atoms with van der Waals surface area (Å²) in [5.41, 5.74) is 9.08. The van der Waals surface area contributed by atoms with Crippen molar-refractivity contribution in [3.05, 3.63) is 59.2 Å². The van der Waals surface area contributed by atoms with Crippen LogP contribution in [-0.4, -0.2) is 13.0 Å². The number of rotatable bonds is 2. The van der Waals surface area contributed by atoms with Crippen molar-refractivity contribution in [2.24, 2.45) is 0 Å². The molecule has 20 heavy (non-hydrogen) atoms. The molecule has 2 rings (SSSR count). The lowest BCUT2D eigenvalue weighted by molar-refractivity contribution is 0.0993. The van der Waals surface area contributed by atoms with Crippen molar-refractivity contribution in [1.82, 2.24) is 0 Å². The van der Waals surface area contributed by atoms with Gasteiger partial charge in [0.05, 0.1) is 11.6 Å². The van der Waals surface area contributed by atoms with Crippen LogP contribution in [0, 0.1) is 18.3 Å². The number of nitrogens with two attached hydrogens (primary N) is 1. The first-order valence-electron chi connectivity index (χ1n) is 6.17. The smallest absolute Gasteiger partial charge is 0.258 e. The van der Waals surface area contributed by atoms with Gasteiger partial charge in [-0.15, -0.1) is 0 Å². The molecule has 100 valence electrons. The maximum atomic E-state index is 12.4. The third-order valence-electron chi connectivity index (χ3n) is 3.19. The van der Waals surface area contributed by atoms with E-state index in [1.165, 1.54) is 4.90 Å². The maximum absolute atomic E-state index is 12.4. The van der Waals surface area contributed by atoms with Crippen LogP contribution >= 0.6 is 0 Å². The number of anilines is 2. The molecule has 0 spiro atoms. The zero-order valence-corrected chi connectivity index (χ0v) is 11.4. The third-order valence-corrected chi connectivity index (χ3v) is 3.19. The van der Waals surface area contributed by atoms with Gasteiger partial charge in [0.2, 0.25) is 0 Å². The van der Waals surface area contributed by atoms with Crippen molar-refractivity contribution in [2.75, 3.05) is 17.7 Å². The van der Waals surface area contributed by atoms with E-state index in [0.29, 0.717) is 22.5 Å². The highest BCUT2D eigenvalue weighted by Gasteiger charge is 2.14. The number of benzene rings is 2. The average molecular weight is 265 g/mol. The molecule has 4 nitrogen and oxygen atoms in total. The van der Waals surface area contributed by atoms with Crippen LogP contribution in [0.1, 0.15) is 21.5 Å². The number of carbonyl (C=O) groups is 1. The molecule has 0 aliphatic carbocycles. The topological polar surface area (TPSA) is 70.1 Å². The van der Waals surface area contributed by atoms with Gasteiger partial charge in [-0.25, -0.2) is 0 Å². The lowest BCUT2D eigenvalue weighted by Gasteiger charge is -2.18. The van der Waals surface area contributed by atoms with Gasteiger partial charge in [-0.1, -0.05) is 12.1 Å². The van der Waals surface area contributed by atoms with Crippen LogP contribution in [0.2, 0.25) is 0 Å². The van der Waals surface area contributed by atoms with Crippen LogP contribution in [0.3, 0.4) is 0 Å². The second kappa shape index (κ2) is 5.45. The summed E-state index contributed by atoms with van der Waals surface area (Å²) in [4.78, 5) is 13.9. The minimum Gasteiger partial charge on any atom is -0.398 e. The number of hydrogen-bond acceptors (Lipinski definition) is 3. The summed E-state index contributed by atoms with van der Waals surface area (Å²) < 4.78 is 0. The molecule has 4 heteroatoms. The van der Waals surface area contributed by atoms with Gasteiger partial charge in [0.15, 0.2) is 0 Å². The zero-order chi connectivity index (χ0) is 14.7. The Bertz CT molecular complexity index is 701. The quantitative estimate of drug-likeness (QED) is 0.849. The molecule has 0 aliphatic heterocycles. The number of nitriles is 1. The molecule has 2 aromatic carbocycles. The third kappa shape index (κ3) is 2.62. The van der Waals surface area contributed by atoms with E-state index in [1.54, 1.807) is 43.4 Å². The number of nitrogen functional groups attached to an aromatic ring is 1. The Morgan fingerprint density at radius 2 is 2.00 bits per heavy atom. The molecule has 1 amide bonds. The second-order valence-electron chi connectivity index (χ2n) is 4.60. The fourth-order valence-electron chi connectivity index (χ4n) is 1.87. The lowest BCUT2D eigenvalue weighted by Crippen LogP contribution is -2.26. The highest BCUT2D eigenvalue weighted by atomic mass is 16.2. The normalized spacial score (nSPS) is 9.85. The molecule has 0 saturated carbocycles. The molecule has 0 bridgehead atoms.